The van der Waals surface area contributed by atoms with Gasteiger partial charge in [0.2, 0.25) is 5.76 Å². The molecule has 0 radical (unpaired) electrons. The van der Waals surface area contributed by atoms with Gasteiger partial charge in [-0.1, -0.05) is 84.5 Å². The number of esters is 1. The Hall–Kier alpha value is -1.32. The maximum Gasteiger partial charge on any atom is 0.374 e. The number of ketones is 1. The van der Waals surface area contributed by atoms with Gasteiger partial charge in [0, 0.05) is 18.4 Å². The normalized spacial score (nSPS) is 21.7. The Morgan fingerprint density at radius 1 is 0.655 bits per heavy atom. The standard InChI is InChI=1S/C25H42O4/c1-3-5-7-9-10-11-13-15-16-20-18-22-23(26)19-21(17-14-12-8-6-4-2)28-24(22)25(27)29-20/h20-21H,3-19H2,1-2H3/t20-,21+/m0/s1. The molecule has 166 valence electrons. The van der Waals surface area contributed by atoms with Gasteiger partial charge in [-0.15, -0.1) is 0 Å². The molecular weight excluding hydrogens is 364 g/mol. The summed E-state index contributed by atoms with van der Waals surface area (Å²) in [7, 11) is 0. The Kier molecular flexibility index (Phi) is 11.4. The number of carbonyl (C=O) groups is 2. The highest BCUT2D eigenvalue weighted by atomic mass is 16.6. The average Bonchev–Trinajstić information content (AvgIpc) is 2.71. The quantitative estimate of drug-likeness (QED) is 0.221. The molecule has 0 unspecified atom stereocenters. The number of unbranched alkanes of at least 4 members (excludes halogenated alkanes) is 11. The molecule has 0 bridgehead atoms. The van der Waals surface area contributed by atoms with Crippen molar-refractivity contribution < 1.29 is 19.1 Å². The van der Waals surface area contributed by atoms with E-state index >= 15 is 0 Å². The minimum Gasteiger partial charge on any atom is -0.482 e. The van der Waals surface area contributed by atoms with E-state index in [4.69, 9.17) is 9.47 Å². The van der Waals surface area contributed by atoms with Gasteiger partial charge in [-0.3, -0.25) is 4.79 Å². The summed E-state index contributed by atoms with van der Waals surface area (Å²) in [6.07, 6.45) is 18.4. The summed E-state index contributed by atoms with van der Waals surface area (Å²) >= 11 is 0. The molecule has 0 aliphatic carbocycles. The van der Waals surface area contributed by atoms with Gasteiger partial charge in [0.05, 0.1) is 0 Å². The second-order valence-electron chi connectivity index (χ2n) is 8.87. The van der Waals surface area contributed by atoms with Crippen molar-refractivity contribution in [2.75, 3.05) is 0 Å². The van der Waals surface area contributed by atoms with Crippen LogP contribution in [-0.4, -0.2) is 24.0 Å². The maximum atomic E-state index is 12.6. The number of hydrogen-bond donors (Lipinski definition) is 0. The van der Waals surface area contributed by atoms with Crippen LogP contribution in [0.5, 0.6) is 0 Å². The number of cyclic esters (lactones) is 1. The van der Waals surface area contributed by atoms with Gasteiger partial charge in [0.15, 0.2) is 5.78 Å². The van der Waals surface area contributed by atoms with Crippen LogP contribution in [-0.2, 0) is 19.1 Å². The smallest absolute Gasteiger partial charge is 0.374 e. The lowest BCUT2D eigenvalue weighted by molar-refractivity contribution is -0.155. The van der Waals surface area contributed by atoms with Gasteiger partial charge in [0.25, 0.3) is 0 Å². The third kappa shape index (κ3) is 8.52. The van der Waals surface area contributed by atoms with Crippen molar-refractivity contribution in [3.63, 3.8) is 0 Å². The van der Waals surface area contributed by atoms with Crippen LogP contribution in [0.15, 0.2) is 11.3 Å². The molecule has 0 saturated heterocycles. The molecule has 0 spiro atoms. The largest absolute Gasteiger partial charge is 0.482 e. The molecule has 4 heteroatoms. The molecule has 29 heavy (non-hydrogen) atoms. The summed E-state index contributed by atoms with van der Waals surface area (Å²) in [5.74, 6) is -0.103. The third-order valence-corrected chi connectivity index (χ3v) is 6.21. The van der Waals surface area contributed by atoms with E-state index in [2.05, 4.69) is 13.8 Å². The van der Waals surface area contributed by atoms with E-state index in [1.165, 1.54) is 70.6 Å². The number of carbonyl (C=O) groups excluding carboxylic acids is 2. The molecule has 4 nitrogen and oxygen atoms in total. The zero-order valence-electron chi connectivity index (χ0n) is 18.8. The molecule has 2 heterocycles. The maximum absolute atomic E-state index is 12.6. The van der Waals surface area contributed by atoms with Crippen LogP contribution in [0.3, 0.4) is 0 Å². The summed E-state index contributed by atoms with van der Waals surface area (Å²) in [5.41, 5.74) is 0.591. The Labute approximate surface area is 177 Å². The van der Waals surface area contributed by atoms with E-state index in [0.29, 0.717) is 18.4 Å². The van der Waals surface area contributed by atoms with Crippen LogP contribution in [0.1, 0.15) is 123 Å². The van der Waals surface area contributed by atoms with Crippen molar-refractivity contribution in [1.82, 2.24) is 0 Å². The van der Waals surface area contributed by atoms with E-state index in [0.717, 1.165) is 25.7 Å². The molecule has 0 aromatic rings. The molecule has 0 fully saturated rings. The third-order valence-electron chi connectivity index (χ3n) is 6.21. The van der Waals surface area contributed by atoms with Crippen molar-refractivity contribution >= 4 is 11.8 Å². The van der Waals surface area contributed by atoms with Gasteiger partial charge in [-0.25, -0.2) is 4.79 Å². The summed E-state index contributed by atoms with van der Waals surface area (Å²) < 4.78 is 11.5. The first-order chi connectivity index (χ1) is 14.2. The van der Waals surface area contributed by atoms with Crippen LogP contribution in [0.2, 0.25) is 0 Å². The predicted octanol–water partition coefficient (Wildman–Crippen LogP) is 6.81. The molecular formula is C25H42O4. The molecule has 0 saturated carbocycles. The Morgan fingerprint density at radius 2 is 1.14 bits per heavy atom. The molecule has 2 rings (SSSR count). The number of rotatable bonds is 15. The van der Waals surface area contributed by atoms with Crippen molar-refractivity contribution in [3.8, 4) is 0 Å². The first kappa shape index (κ1) is 24.0. The highest BCUT2D eigenvalue weighted by Gasteiger charge is 2.38. The predicted molar refractivity (Wildman–Crippen MR) is 117 cm³/mol. The van der Waals surface area contributed by atoms with Crippen LogP contribution < -0.4 is 0 Å². The SMILES string of the molecule is CCCCCCCCCC[C@H]1CC2=C(O[C@H](CCCCCCC)CC2=O)C(=O)O1. The van der Waals surface area contributed by atoms with Crippen LogP contribution >= 0.6 is 0 Å². The average molecular weight is 407 g/mol. The summed E-state index contributed by atoms with van der Waals surface area (Å²) in [4.78, 5) is 25.0. The van der Waals surface area contributed by atoms with Gasteiger partial charge in [-0.2, -0.15) is 0 Å². The van der Waals surface area contributed by atoms with Crippen molar-refractivity contribution in [1.29, 1.82) is 0 Å². The number of hydrogen-bond acceptors (Lipinski definition) is 4. The molecule has 2 aliphatic heterocycles. The molecule has 0 aromatic heterocycles. The van der Waals surface area contributed by atoms with Crippen molar-refractivity contribution in [2.45, 2.75) is 135 Å². The zero-order valence-corrected chi connectivity index (χ0v) is 18.8. The molecule has 0 N–H and O–H groups in total. The lowest BCUT2D eigenvalue weighted by Gasteiger charge is -2.32. The summed E-state index contributed by atoms with van der Waals surface area (Å²) in [6, 6.07) is 0. The van der Waals surface area contributed by atoms with Gasteiger partial charge >= 0.3 is 5.97 Å². The van der Waals surface area contributed by atoms with Gasteiger partial charge < -0.3 is 9.47 Å². The topological polar surface area (TPSA) is 52.6 Å². The fourth-order valence-corrected chi connectivity index (χ4v) is 4.39. The fraction of sp³-hybridized carbons (Fsp3) is 0.840. The van der Waals surface area contributed by atoms with Crippen molar-refractivity contribution in [2.24, 2.45) is 0 Å². The first-order valence-electron chi connectivity index (χ1n) is 12.3. The van der Waals surface area contributed by atoms with Gasteiger partial charge in [0.1, 0.15) is 12.2 Å². The second-order valence-corrected chi connectivity index (χ2v) is 8.87. The van der Waals surface area contributed by atoms with Crippen LogP contribution in [0, 0.1) is 0 Å². The first-order valence-corrected chi connectivity index (χ1v) is 12.3. The minimum atomic E-state index is -0.417. The number of Topliss-reactive ketones (excluding diaryl/α,β-unsaturated/α-hetero) is 1. The van der Waals surface area contributed by atoms with Gasteiger partial charge in [-0.05, 0) is 25.7 Å². The van der Waals surface area contributed by atoms with E-state index in [1.807, 2.05) is 0 Å². The lowest BCUT2D eigenvalue weighted by atomic mass is 9.90. The van der Waals surface area contributed by atoms with Crippen LogP contribution in [0.4, 0.5) is 0 Å². The van der Waals surface area contributed by atoms with E-state index < -0.39 is 5.97 Å². The zero-order chi connectivity index (χ0) is 20.9. The second kappa shape index (κ2) is 13.8. The summed E-state index contributed by atoms with van der Waals surface area (Å²) in [6.45, 7) is 4.44. The van der Waals surface area contributed by atoms with Crippen molar-refractivity contribution in [3.05, 3.63) is 11.3 Å². The van der Waals surface area contributed by atoms with E-state index in [-0.39, 0.29) is 23.8 Å². The fourth-order valence-electron chi connectivity index (χ4n) is 4.39. The van der Waals surface area contributed by atoms with E-state index in [9.17, 15) is 9.59 Å². The van der Waals surface area contributed by atoms with E-state index in [1.54, 1.807) is 0 Å². The molecule has 0 aromatic carbocycles. The molecule has 2 atom stereocenters. The monoisotopic (exact) mass is 406 g/mol. The summed E-state index contributed by atoms with van der Waals surface area (Å²) in [5, 5.41) is 0. The molecule has 0 amide bonds. The highest BCUT2D eigenvalue weighted by molar-refractivity contribution is 6.04. The Bertz CT molecular complexity index is 537. The lowest BCUT2D eigenvalue weighted by Crippen LogP contribution is -2.36. The minimum absolute atomic E-state index is 0.0994. The number of ether oxygens (including phenoxy) is 2. The van der Waals surface area contributed by atoms with Crippen LogP contribution in [0.25, 0.3) is 0 Å². The Morgan fingerprint density at radius 3 is 1.69 bits per heavy atom. The highest BCUT2D eigenvalue weighted by Crippen LogP contribution is 2.33. The Balaban J connectivity index is 1.69. The molecule has 2 aliphatic rings.